The predicted molar refractivity (Wildman–Crippen MR) is 96.4 cm³/mol. The number of hydrogen-bond donors (Lipinski definition) is 0. The maximum atomic E-state index is 13.9. The molecule has 0 aliphatic carbocycles. The summed E-state index contributed by atoms with van der Waals surface area (Å²) in [4.78, 5) is 15.6. The fourth-order valence-corrected chi connectivity index (χ4v) is 3.07. The van der Waals surface area contributed by atoms with E-state index in [1.54, 1.807) is 6.07 Å². The third kappa shape index (κ3) is 3.42. The molecule has 2 aromatic rings. The van der Waals surface area contributed by atoms with Crippen molar-refractivity contribution < 1.29 is 4.39 Å². The Morgan fingerprint density at radius 2 is 1.67 bits per heavy atom. The van der Waals surface area contributed by atoms with Gasteiger partial charge in [-0.2, -0.15) is 4.98 Å². The van der Waals surface area contributed by atoms with E-state index in [0.29, 0.717) is 5.69 Å². The first kappa shape index (κ1) is 16.5. The standard InChI is InChI=1S/C18H24FN5/c1-3-22(4-2)17-9-10-20-18(21-17)24-13-11-23(12-14-24)16-8-6-5-7-15(16)19/h5-10H,3-4,11-14H2,1-2H3. The number of para-hydroxylation sites is 1. The lowest BCUT2D eigenvalue weighted by atomic mass is 10.2. The largest absolute Gasteiger partial charge is 0.366 e. The second-order valence-corrected chi connectivity index (χ2v) is 5.81. The summed E-state index contributed by atoms with van der Waals surface area (Å²) in [7, 11) is 0. The van der Waals surface area contributed by atoms with Crippen LogP contribution in [-0.4, -0.2) is 49.2 Å². The minimum atomic E-state index is -0.161. The van der Waals surface area contributed by atoms with Crippen LogP contribution in [0.3, 0.4) is 0 Å². The van der Waals surface area contributed by atoms with Gasteiger partial charge in [0, 0.05) is 45.5 Å². The molecule has 1 aliphatic rings. The molecule has 1 saturated heterocycles. The first-order valence-electron chi connectivity index (χ1n) is 8.55. The van der Waals surface area contributed by atoms with Crippen molar-refractivity contribution in [3.63, 3.8) is 0 Å². The normalized spacial score (nSPS) is 14.8. The second-order valence-electron chi connectivity index (χ2n) is 5.81. The van der Waals surface area contributed by atoms with Crippen LogP contribution in [0.15, 0.2) is 36.5 Å². The lowest BCUT2D eigenvalue weighted by Crippen LogP contribution is -2.47. The van der Waals surface area contributed by atoms with E-state index < -0.39 is 0 Å². The van der Waals surface area contributed by atoms with Gasteiger partial charge >= 0.3 is 0 Å². The highest BCUT2D eigenvalue weighted by atomic mass is 19.1. The first-order chi connectivity index (χ1) is 11.7. The van der Waals surface area contributed by atoms with Crippen LogP contribution in [0.25, 0.3) is 0 Å². The van der Waals surface area contributed by atoms with Crippen LogP contribution < -0.4 is 14.7 Å². The Balaban J connectivity index is 1.69. The average molecular weight is 329 g/mol. The van der Waals surface area contributed by atoms with Gasteiger partial charge in [-0.15, -0.1) is 0 Å². The Morgan fingerprint density at radius 3 is 2.33 bits per heavy atom. The number of piperazine rings is 1. The van der Waals surface area contributed by atoms with E-state index in [4.69, 9.17) is 4.98 Å². The molecule has 1 aliphatic heterocycles. The number of nitrogens with zero attached hydrogens (tertiary/aromatic N) is 5. The van der Waals surface area contributed by atoms with Gasteiger partial charge in [0.05, 0.1) is 5.69 Å². The zero-order chi connectivity index (χ0) is 16.9. The smallest absolute Gasteiger partial charge is 0.227 e. The highest BCUT2D eigenvalue weighted by molar-refractivity contribution is 5.50. The minimum Gasteiger partial charge on any atom is -0.366 e. The number of rotatable bonds is 5. The fraction of sp³-hybridized carbons (Fsp3) is 0.444. The maximum absolute atomic E-state index is 13.9. The summed E-state index contributed by atoms with van der Waals surface area (Å²) in [5, 5.41) is 0. The topological polar surface area (TPSA) is 35.5 Å². The lowest BCUT2D eigenvalue weighted by molar-refractivity contribution is 0.594. The van der Waals surface area contributed by atoms with Crippen LogP contribution >= 0.6 is 0 Å². The molecule has 6 heteroatoms. The van der Waals surface area contributed by atoms with Crippen molar-refractivity contribution in [3.8, 4) is 0 Å². The Labute approximate surface area is 142 Å². The van der Waals surface area contributed by atoms with Crippen LogP contribution in [0.1, 0.15) is 13.8 Å². The van der Waals surface area contributed by atoms with E-state index in [1.165, 1.54) is 6.07 Å². The molecule has 5 nitrogen and oxygen atoms in total. The van der Waals surface area contributed by atoms with Gasteiger partial charge in [-0.3, -0.25) is 0 Å². The van der Waals surface area contributed by atoms with Crippen molar-refractivity contribution in [1.82, 2.24) is 9.97 Å². The molecule has 24 heavy (non-hydrogen) atoms. The molecule has 2 heterocycles. The first-order valence-corrected chi connectivity index (χ1v) is 8.55. The van der Waals surface area contributed by atoms with Gasteiger partial charge in [-0.05, 0) is 32.0 Å². The van der Waals surface area contributed by atoms with E-state index >= 15 is 0 Å². The number of benzene rings is 1. The van der Waals surface area contributed by atoms with E-state index in [2.05, 4.69) is 33.5 Å². The fourth-order valence-electron chi connectivity index (χ4n) is 3.07. The van der Waals surface area contributed by atoms with Crippen LogP contribution in [0, 0.1) is 5.82 Å². The SMILES string of the molecule is CCN(CC)c1ccnc(N2CCN(c3ccccc3F)CC2)n1. The molecule has 3 rings (SSSR count). The van der Waals surface area contributed by atoms with Crippen LogP contribution in [0.2, 0.25) is 0 Å². The zero-order valence-electron chi connectivity index (χ0n) is 14.3. The Bertz CT molecular complexity index is 666. The number of halogens is 1. The number of aromatic nitrogens is 2. The van der Waals surface area contributed by atoms with Crippen LogP contribution in [0.5, 0.6) is 0 Å². The monoisotopic (exact) mass is 329 g/mol. The summed E-state index contributed by atoms with van der Waals surface area (Å²) in [5.74, 6) is 1.56. The van der Waals surface area contributed by atoms with Gasteiger partial charge in [0.1, 0.15) is 11.6 Å². The zero-order valence-corrected chi connectivity index (χ0v) is 14.3. The van der Waals surface area contributed by atoms with Gasteiger partial charge in [-0.1, -0.05) is 12.1 Å². The Morgan fingerprint density at radius 1 is 1.00 bits per heavy atom. The summed E-state index contributed by atoms with van der Waals surface area (Å²) in [5.41, 5.74) is 0.676. The molecule has 0 radical (unpaired) electrons. The van der Waals surface area contributed by atoms with Gasteiger partial charge in [-0.25, -0.2) is 9.37 Å². The van der Waals surface area contributed by atoms with Crippen molar-refractivity contribution >= 4 is 17.5 Å². The predicted octanol–water partition coefficient (Wildman–Crippen LogP) is 2.79. The molecule has 0 spiro atoms. The quantitative estimate of drug-likeness (QED) is 0.843. The van der Waals surface area contributed by atoms with Gasteiger partial charge in [0.25, 0.3) is 0 Å². The van der Waals surface area contributed by atoms with E-state index in [0.717, 1.165) is 51.0 Å². The third-order valence-electron chi connectivity index (χ3n) is 4.47. The van der Waals surface area contributed by atoms with E-state index in [1.807, 2.05) is 24.4 Å². The average Bonchev–Trinajstić information content (AvgIpc) is 2.64. The summed E-state index contributed by atoms with van der Waals surface area (Å²) in [6.45, 7) is 9.20. The molecule has 1 aromatic heterocycles. The molecular formula is C18H24FN5. The second kappa shape index (κ2) is 7.47. The number of anilines is 3. The molecule has 0 atom stereocenters. The minimum absolute atomic E-state index is 0.161. The van der Waals surface area contributed by atoms with Crippen molar-refractivity contribution in [3.05, 3.63) is 42.3 Å². The molecule has 0 N–H and O–H groups in total. The van der Waals surface area contributed by atoms with Crippen molar-refractivity contribution in [2.45, 2.75) is 13.8 Å². The van der Waals surface area contributed by atoms with Crippen molar-refractivity contribution in [2.24, 2.45) is 0 Å². The van der Waals surface area contributed by atoms with Gasteiger partial charge in [0.2, 0.25) is 5.95 Å². The summed E-state index contributed by atoms with van der Waals surface area (Å²) >= 11 is 0. The molecule has 0 amide bonds. The molecule has 1 aromatic carbocycles. The highest BCUT2D eigenvalue weighted by Crippen LogP contribution is 2.22. The molecule has 0 bridgehead atoms. The van der Waals surface area contributed by atoms with Crippen LogP contribution in [-0.2, 0) is 0 Å². The van der Waals surface area contributed by atoms with E-state index in [-0.39, 0.29) is 5.82 Å². The molecule has 0 unspecified atom stereocenters. The third-order valence-corrected chi connectivity index (χ3v) is 4.47. The number of hydrogen-bond acceptors (Lipinski definition) is 5. The molecular weight excluding hydrogens is 305 g/mol. The highest BCUT2D eigenvalue weighted by Gasteiger charge is 2.21. The lowest BCUT2D eigenvalue weighted by Gasteiger charge is -2.36. The summed E-state index contributed by atoms with van der Waals surface area (Å²) in [6, 6.07) is 8.90. The van der Waals surface area contributed by atoms with Crippen LogP contribution in [0.4, 0.5) is 21.8 Å². The van der Waals surface area contributed by atoms with E-state index in [9.17, 15) is 4.39 Å². The van der Waals surface area contributed by atoms with Crippen molar-refractivity contribution in [1.29, 1.82) is 0 Å². The summed E-state index contributed by atoms with van der Waals surface area (Å²) in [6.07, 6.45) is 1.82. The van der Waals surface area contributed by atoms with Crippen molar-refractivity contribution in [2.75, 3.05) is 54.0 Å². The molecule has 0 saturated carbocycles. The summed E-state index contributed by atoms with van der Waals surface area (Å²) < 4.78 is 13.9. The maximum Gasteiger partial charge on any atom is 0.227 e. The van der Waals surface area contributed by atoms with Gasteiger partial charge < -0.3 is 14.7 Å². The Kier molecular flexibility index (Phi) is 5.13. The Hall–Kier alpha value is -2.37. The molecule has 1 fully saturated rings. The molecule has 128 valence electrons. The van der Waals surface area contributed by atoms with Gasteiger partial charge in [0.15, 0.2) is 0 Å².